The van der Waals surface area contributed by atoms with Gasteiger partial charge in [-0.1, -0.05) is 28.1 Å². The molecule has 4 heteroatoms. The molecule has 0 aliphatic heterocycles. The predicted octanol–water partition coefficient (Wildman–Crippen LogP) is 4.19. The van der Waals surface area contributed by atoms with E-state index >= 15 is 0 Å². The van der Waals surface area contributed by atoms with Gasteiger partial charge in [-0.15, -0.1) is 0 Å². The molecule has 0 atom stereocenters. The van der Waals surface area contributed by atoms with Crippen LogP contribution in [-0.4, -0.2) is 5.91 Å². The second-order valence-corrected chi connectivity index (χ2v) is 5.42. The van der Waals surface area contributed by atoms with E-state index in [2.05, 4.69) is 27.3 Å². The maximum absolute atomic E-state index is 12.3. The van der Waals surface area contributed by atoms with Crippen molar-refractivity contribution in [3.05, 3.63) is 63.1 Å². The fourth-order valence-corrected chi connectivity index (χ4v) is 2.27. The molecule has 3 nitrogen and oxygen atoms in total. The average molecular weight is 329 g/mol. The molecule has 100 valence electrons. The topological polar surface area (TPSA) is 52.9 Å². The number of amides is 1. The largest absolute Gasteiger partial charge is 0.321 e. The third kappa shape index (κ3) is 2.89. The van der Waals surface area contributed by atoms with Crippen LogP contribution in [0.5, 0.6) is 0 Å². The molecule has 2 rings (SSSR count). The van der Waals surface area contributed by atoms with Crippen molar-refractivity contribution in [1.82, 2.24) is 0 Å². The highest BCUT2D eigenvalue weighted by atomic mass is 79.9. The van der Waals surface area contributed by atoms with Crippen LogP contribution in [0.4, 0.5) is 5.69 Å². The lowest BCUT2D eigenvalue weighted by Gasteiger charge is -2.10. The fourth-order valence-electron chi connectivity index (χ4n) is 1.90. The first kappa shape index (κ1) is 14.3. The Balaban J connectivity index is 2.33. The Bertz CT molecular complexity index is 717. The number of benzene rings is 2. The highest BCUT2D eigenvalue weighted by Gasteiger charge is 2.12. The molecular weight excluding hydrogens is 316 g/mol. The summed E-state index contributed by atoms with van der Waals surface area (Å²) in [4.78, 5) is 12.3. The van der Waals surface area contributed by atoms with Gasteiger partial charge in [0.15, 0.2) is 0 Å². The first-order valence-electron chi connectivity index (χ1n) is 6.10. The van der Waals surface area contributed by atoms with Crippen molar-refractivity contribution in [3.8, 4) is 6.07 Å². The van der Waals surface area contributed by atoms with Gasteiger partial charge in [-0.05, 0) is 49.2 Å². The van der Waals surface area contributed by atoms with Gasteiger partial charge in [-0.25, -0.2) is 0 Å². The molecule has 0 heterocycles. The number of hydrogen-bond donors (Lipinski definition) is 1. The molecule has 0 aliphatic rings. The first-order chi connectivity index (χ1) is 9.52. The summed E-state index contributed by atoms with van der Waals surface area (Å²) < 4.78 is 0.804. The molecule has 0 fully saturated rings. The summed E-state index contributed by atoms with van der Waals surface area (Å²) in [6.07, 6.45) is 0. The Morgan fingerprint density at radius 2 is 2.00 bits per heavy atom. The van der Waals surface area contributed by atoms with E-state index in [4.69, 9.17) is 5.26 Å². The number of nitriles is 1. The number of halogens is 1. The van der Waals surface area contributed by atoms with Crippen LogP contribution in [0.3, 0.4) is 0 Å². The Hall–Kier alpha value is -2.12. The molecule has 1 N–H and O–H groups in total. The number of aryl methyl sites for hydroxylation is 1. The van der Waals surface area contributed by atoms with E-state index in [1.165, 1.54) is 0 Å². The van der Waals surface area contributed by atoms with Gasteiger partial charge in [0.1, 0.15) is 6.07 Å². The maximum Gasteiger partial charge on any atom is 0.255 e. The summed E-state index contributed by atoms with van der Waals surface area (Å²) >= 11 is 3.31. The molecule has 0 aromatic heterocycles. The molecule has 2 aromatic carbocycles. The van der Waals surface area contributed by atoms with Crippen molar-refractivity contribution < 1.29 is 4.79 Å². The highest BCUT2D eigenvalue weighted by Crippen LogP contribution is 2.22. The smallest absolute Gasteiger partial charge is 0.255 e. The lowest BCUT2D eigenvalue weighted by Crippen LogP contribution is -2.14. The van der Waals surface area contributed by atoms with Gasteiger partial charge in [0.05, 0.1) is 11.3 Å². The van der Waals surface area contributed by atoms with Crippen LogP contribution in [0.15, 0.2) is 40.9 Å². The average Bonchev–Trinajstić information content (AvgIpc) is 2.43. The van der Waals surface area contributed by atoms with Crippen LogP contribution in [0.1, 0.15) is 27.0 Å². The normalized spacial score (nSPS) is 9.90. The van der Waals surface area contributed by atoms with Gasteiger partial charge in [0.2, 0.25) is 0 Å². The van der Waals surface area contributed by atoms with Crippen molar-refractivity contribution in [3.63, 3.8) is 0 Å². The van der Waals surface area contributed by atoms with Gasteiger partial charge < -0.3 is 5.32 Å². The van der Waals surface area contributed by atoms with Crippen LogP contribution in [-0.2, 0) is 0 Å². The second-order valence-electron chi connectivity index (χ2n) is 4.50. The third-order valence-corrected chi connectivity index (χ3v) is 3.69. The van der Waals surface area contributed by atoms with Gasteiger partial charge in [0.25, 0.3) is 5.91 Å². The zero-order valence-corrected chi connectivity index (χ0v) is 12.8. The number of carbonyl (C=O) groups is 1. The monoisotopic (exact) mass is 328 g/mol. The van der Waals surface area contributed by atoms with Crippen LogP contribution in [0.2, 0.25) is 0 Å². The van der Waals surface area contributed by atoms with E-state index in [0.717, 1.165) is 15.6 Å². The molecule has 20 heavy (non-hydrogen) atoms. The third-order valence-electron chi connectivity index (χ3n) is 3.20. The zero-order valence-electron chi connectivity index (χ0n) is 11.2. The van der Waals surface area contributed by atoms with Gasteiger partial charge in [0, 0.05) is 10.0 Å². The minimum atomic E-state index is -0.204. The molecule has 0 bridgehead atoms. The summed E-state index contributed by atoms with van der Waals surface area (Å²) in [5, 5.41) is 11.9. The van der Waals surface area contributed by atoms with E-state index in [0.29, 0.717) is 16.8 Å². The molecule has 1 amide bonds. The minimum Gasteiger partial charge on any atom is -0.321 e. The molecule has 0 radical (unpaired) electrons. The zero-order chi connectivity index (χ0) is 14.7. The molecule has 0 aliphatic carbocycles. The van der Waals surface area contributed by atoms with Gasteiger partial charge >= 0.3 is 0 Å². The Kier molecular flexibility index (Phi) is 4.21. The van der Waals surface area contributed by atoms with Crippen LogP contribution >= 0.6 is 15.9 Å². The van der Waals surface area contributed by atoms with Crippen LogP contribution in [0.25, 0.3) is 0 Å². The Labute approximate surface area is 126 Å². The second kappa shape index (κ2) is 5.89. The van der Waals surface area contributed by atoms with E-state index in [1.54, 1.807) is 24.3 Å². The lowest BCUT2D eigenvalue weighted by molar-refractivity contribution is 0.102. The maximum atomic E-state index is 12.3. The van der Waals surface area contributed by atoms with E-state index in [9.17, 15) is 4.79 Å². The quantitative estimate of drug-likeness (QED) is 0.898. The minimum absolute atomic E-state index is 0.204. The number of hydrogen-bond acceptors (Lipinski definition) is 2. The predicted molar refractivity (Wildman–Crippen MR) is 82.7 cm³/mol. The summed E-state index contributed by atoms with van der Waals surface area (Å²) in [7, 11) is 0. The fraction of sp³-hybridized carbons (Fsp3) is 0.125. The molecule has 0 saturated heterocycles. The highest BCUT2D eigenvalue weighted by molar-refractivity contribution is 9.10. The Morgan fingerprint density at radius 1 is 1.25 bits per heavy atom. The Morgan fingerprint density at radius 3 is 2.70 bits per heavy atom. The standard InChI is InChI=1S/C16H13BrN2O/c1-10-4-3-5-14(11(10)2)16(20)19-15-7-6-13(17)8-12(15)9-18/h3-8H,1-2H3,(H,19,20). The molecular formula is C16H13BrN2O. The van der Waals surface area contributed by atoms with E-state index < -0.39 is 0 Å². The van der Waals surface area contributed by atoms with Crippen molar-refractivity contribution in [2.45, 2.75) is 13.8 Å². The number of nitrogens with one attached hydrogen (secondary N) is 1. The summed E-state index contributed by atoms with van der Waals surface area (Å²) in [5.41, 5.74) is 3.58. The lowest BCUT2D eigenvalue weighted by atomic mass is 10.0. The van der Waals surface area contributed by atoms with Crippen molar-refractivity contribution in [1.29, 1.82) is 5.26 Å². The first-order valence-corrected chi connectivity index (χ1v) is 6.89. The van der Waals surface area contributed by atoms with E-state index in [-0.39, 0.29) is 5.91 Å². The summed E-state index contributed by atoms with van der Waals surface area (Å²) in [5.74, 6) is -0.204. The van der Waals surface area contributed by atoms with Crippen molar-refractivity contribution in [2.24, 2.45) is 0 Å². The molecule has 0 saturated carbocycles. The van der Waals surface area contributed by atoms with Crippen molar-refractivity contribution in [2.75, 3.05) is 5.32 Å². The number of nitrogens with zero attached hydrogens (tertiary/aromatic N) is 1. The SMILES string of the molecule is Cc1cccc(C(=O)Nc2ccc(Br)cc2C#N)c1C. The van der Waals surface area contributed by atoms with Gasteiger partial charge in [-0.2, -0.15) is 5.26 Å². The number of rotatable bonds is 2. The van der Waals surface area contributed by atoms with Crippen LogP contribution in [0, 0.1) is 25.2 Å². The molecule has 2 aromatic rings. The summed E-state index contributed by atoms with van der Waals surface area (Å²) in [6, 6.07) is 12.9. The number of anilines is 1. The van der Waals surface area contributed by atoms with Gasteiger partial charge in [-0.3, -0.25) is 4.79 Å². The summed E-state index contributed by atoms with van der Waals surface area (Å²) in [6.45, 7) is 3.88. The molecule has 0 spiro atoms. The van der Waals surface area contributed by atoms with E-state index in [1.807, 2.05) is 26.0 Å². The van der Waals surface area contributed by atoms with Crippen LogP contribution < -0.4 is 5.32 Å². The molecule has 0 unspecified atom stereocenters. The number of carbonyl (C=O) groups excluding carboxylic acids is 1. The van der Waals surface area contributed by atoms with Crippen molar-refractivity contribution >= 4 is 27.5 Å².